The molecule has 3 nitrogen and oxygen atoms in total. The maximum atomic E-state index is 13.6. The molecule has 0 saturated carbocycles. The van der Waals surface area contributed by atoms with Gasteiger partial charge in [0.15, 0.2) is 0 Å². The lowest BCUT2D eigenvalue weighted by atomic mass is 10.1. The Morgan fingerprint density at radius 1 is 1.35 bits per heavy atom. The Balaban J connectivity index is 2.87. The van der Waals surface area contributed by atoms with E-state index < -0.39 is 17.6 Å². The van der Waals surface area contributed by atoms with Crippen LogP contribution in [0.3, 0.4) is 0 Å². The molecule has 7 heteroatoms. The average Bonchev–Trinajstić information content (AvgIpc) is 2.37. The van der Waals surface area contributed by atoms with Crippen LogP contribution in [0.25, 0.3) is 0 Å². The molecule has 1 atom stereocenters. The van der Waals surface area contributed by atoms with E-state index in [9.17, 15) is 17.6 Å². The van der Waals surface area contributed by atoms with Gasteiger partial charge in [-0.3, -0.25) is 0 Å². The molecule has 0 fully saturated rings. The van der Waals surface area contributed by atoms with Gasteiger partial charge in [-0.15, -0.1) is 0 Å². The number of anilines is 1. The van der Waals surface area contributed by atoms with Gasteiger partial charge in [0, 0.05) is 13.2 Å². The highest BCUT2D eigenvalue weighted by atomic mass is 19.4. The number of benzene rings is 1. The fourth-order valence-electron chi connectivity index (χ4n) is 1.79. The van der Waals surface area contributed by atoms with Crippen molar-refractivity contribution < 1.29 is 22.3 Å². The average molecular weight is 294 g/mol. The van der Waals surface area contributed by atoms with E-state index in [0.29, 0.717) is 25.5 Å². The molecule has 1 unspecified atom stereocenters. The van der Waals surface area contributed by atoms with Crippen molar-refractivity contribution in [2.45, 2.75) is 25.1 Å². The lowest BCUT2D eigenvalue weighted by Crippen LogP contribution is -2.26. The van der Waals surface area contributed by atoms with Gasteiger partial charge in [-0.1, -0.05) is 0 Å². The van der Waals surface area contributed by atoms with Crippen LogP contribution in [0, 0.1) is 5.82 Å². The lowest BCUT2D eigenvalue weighted by molar-refractivity contribution is -0.137. The molecule has 0 aliphatic rings. The summed E-state index contributed by atoms with van der Waals surface area (Å²) in [6.45, 7) is 0.711. The maximum Gasteiger partial charge on any atom is 0.416 e. The molecule has 0 amide bonds. The molecule has 0 spiro atoms. The van der Waals surface area contributed by atoms with Gasteiger partial charge >= 0.3 is 6.18 Å². The van der Waals surface area contributed by atoms with Crippen molar-refractivity contribution in [3.63, 3.8) is 0 Å². The van der Waals surface area contributed by atoms with Crippen molar-refractivity contribution in [2.75, 3.05) is 25.6 Å². The molecule has 1 aromatic rings. The molecule has 0 aliphatic heterocycles. The normalized spacial score (nSPS) is 13.3. The Bertz CT molecular complexity index is 423. The summed E-state index contributed by atoms with van der Waals surface area (Å²) in [6, 6.07) is 1.99. The van der Waals surface area contributed by atoms with Gasteiger partial charge in [-0.2, -0.15) is 13.2 Å². The molecule has 0 aromatic heterocycles. The summed E-state index contributed by atoms with van der Waals surface area (Å²) in [6.07, 6.45) is -3.25. The second-order valence-electron chi connectivity index (χ2n) is 4.42. The van der Waals surface area contributed by atoms with Crippen LogP contribution in [-0.2, 0) is 10.9 Å². The molecule has 20 heavy (non-hydrogen) atoms. The van der Waals surface area contributed by atoms with Gasteiger partial charge in [0.25, 0.3) is 0 Å². The molecular formula is C13H18F4N2O. The number of rotatable bonds is 7. The van der Waals surface area contributed by atoms with Crippen LogP contribution in [0.15, 0.2) is 18.2 Å². The standard InChI is InChI=1S/C13H18F4N2O/c1-20-8-10(3-2-6-18)19-12-7-9(13(15,16)17)4-5-11(12)14/h4-5,7,10,19H,2-3,6,8,18H2,1H3. The molecule has 114 valence electrons. The van der Waals surface area contributed by atoms with Crippen molar-refractivity contribution in [1.29, 1.82) is 0 Å². The summed E-state index contributed by atoms with van der Waals surface area (Å²) in [7, 11) is 1.47. The minimum atomic E-state index is -4.50. The predicted octanol–water partition coefficient (Wildman–Crippen LogP) is 3.01. The third-order valence-corrected chi connectivity index (χ3v) is 2.78. The molecule has 1 aromatic carbocycles. The summed E-state index contributed by atoms with van der Waals surface area (Å²) in [5.41, 5.74) is 4.31. The van der Waals surface area contributed by atoms with Crippen molar-refractivity contribution in [3.8, 4) is 0 Å². The Hall–Kier alpha value is -1.34. The zero-order valence-corrected chi connectivity index (χ0v) is 11.1. The third-order valence-electron chi connectivity index (χ3n) is 2.78. The van der Waals surface area contributed by atoms with E-state index in [4.69, 9.17) is 10.5 Å². The first-order valence-electron chi connectivity index (χ1n) is 6.20. The number of hydrogen-bond acceptors (Lipinski definition) is 3. The van der Waals surface area contributed by atoms with Gasteiger partial charge in [0.2, 0.25) is 0 Å². The molecule has 3 N–H and O–H groups in total. The summed E-state index contributed by atoms with van der Waals surface area (Å²) in [5, 5.41) is 2.74. The first-order valence-corrected chi connectivity index (χ1v) is 6.20. The predicted molar refractivity (Wildman–Crippen MR) is 69.0 cm³/mol. The van der Waals surface area contributed by atoms with Crippen molar-refractivity contribution in [2.24, 2.45) is 5.73 Å². The Morgan fingerprint density at radius 2 is 2.05 bits per heavy atom. The smallest absolute Gasteiger partial charge is 0.383 e. The van der Waals surface area contributed by atoms with Crippen molar-refractivity contribution >= 4 is 5.69 Å². The van der Waals surface area contributed by atoms with E-state index in [2.05, 4.69) is 5.32 Å². The molecule has 1 rings (SSSR count). The van der Waals surface area contributed by atoms with Gasteiger partial charge in [0.05, 0.1) is 17.9 Å². The van der Waals surface area contributed by atoms with Crippen molar-refractivity contribution in [3.05, 3.63) is 29.6 Å². The van der Waals surface area contributed by atoms with Crippen LogP contribution in [0.2, 0.25) is 0 Å². The first-order chi connectivity index (χ1) is 9.38. The van der Waals surface area contributed by atoms with Crippen LogP contribution in [0.5, 0.6) is 0 Å². The molecule has 0 saturated heterocycles. The summed E-state index contributed by atoms with van der Waals surface area (Å²) >= 11 is 0. The number of nitrogens with two attached hydrogens (primary N) is 1. The van der Waals surface area contributed by atoms with Gasteiger partial charge in [-0.05, 0) is 37.6 Å². The van der Waals surface area contributed by atoms with E-state index in [-0.39, 0.29) is 18.3 Å². The highest BCUT2D eigenvalue weighted by Gasteiger charge is 2.31. The zero-order chi connectivity index (χ0) is 15.2. The molecule has 0 radical (unpaired) electrons. The Labute approximate surface area is 115 Å². The second kappa shape index (κ2) is 7.44. The fourth-order valence-corrected chi connectivity index (χ4v) is 1.79. The van der Waals surface area contributed by atoms with Crippen molar-refractivity contribution in [1.82, 2.24) is 0 Å². The lowest BCUT2D eigenvalue weighted by Gasteiger charge is -2.20. The third kappa shape index (κ3) is 4.97. The number of methoxy groups -OCH3 is 1. The molecule has 0 bridgehead atoms. The monoisotopic (exact) mass is 294 g/mol. The quantitative estimate of drug-likeness (QED) is 0.760. The summed E-state index contributed by atoms with van der Waals surface area (Å²) in [4.78, 5) is 0. The largest absolute Gasteiger partial charge is 0.416 e. The van der Waals surface area contributed by atoms with Crippen LogP contribution < -0.4 is 11.1 Å². The molecule has 0 aliphatic carbocycles. The second-order valence-corrected chi connectivity index (χ2v) is 4.42. The zero-order valence-electron chi connectivity index (χ0n) is 11.1. The van der Waals surface area contributed by atoms with E-state index in [1.807, 2.05) is 0 Å². The molecular weight excluding hydrogens is 276 g/mol. The summed E-state index contributed by atoms with van der Waals surface area (Å²) < 4.78 is 56.3. The summed E-state index contributed by atoms with van der Waals surface area (Å²) in [5.74, 6) is -0.730. The SMILES string of the molecule is COCC(CCCN)Nc1cc(C(F)(F)F)ccc1F. The van der Waals surface area contributed by atoms with Crippen LogP contribution in [-0.4, -0.2) is 26.3 Å². The molecule has 0 heterocycles. The Kier molecular flexibility index (Phi) is 6.22. The number of hydrogen-bond donors (Lipinski definition) is 2. The highest BCUT2D eigenvalue weighted by molar-refractivity contribution is 5.48. The first kappa shape index (κ1) is 16.7. The number of nitrogens with one attached hydrogen (secondary N) is 1. The van der Waals surface area contributed by atoms with Gasteiger partial charge < -0.3 is 15.8 Å². The Morgan fingerprint density at radius 3 is 2.60 bits per heavy atom. The highest BCUT2D eigenvalue weighted by Crippen LogP contribution is 2.32. The minimum Gasteiger partial charge on any atom is -0.383 e. The van der Waals surface area contributed by atoms with Gasteiger partial charge in [-0.25, -0.2) is 4.39 Å². The van der Waals surface area contributed by atoms with Crippen LogP contribution in [0.1, 0.15) is 18.4 Å². The van der Waals surface area contributed by atoms with E-state index in [1.165, 1.54) is 7.11 Å². The van der Waals surface area contributed by atoms with Crippen LogP contribution >= 0.6 is 0 Å². The fraction of sp³-hybridized carbons (Fsp3) is 0.538. The minimum absolute atomic E-state index is 0.182. The van der Waals surface area contributed by atoms with Crippen LogP contribution in [0.4, 0.5) is 23.2 Å². The number of alkyl halides is 3. The van der Waals surface area contributed by atoms with E-state index >= 15 is 0 Å². The number of halogens is 4. The van der Waals surface area contributed by atoms with E-state index in [1.54, 1.807) is 0 Å². The maximum absolute atomic E-state index is 13.6. The topological polar surface area (TPSA) is 47.3 Å². The number of ether oxygens (including phenoxy) is 1. The van der Waals surface area contributed by atoms with E-state index in [0.717, 1.165) is 12.1 Å². The van der Waals surface area contributed by atoms with Gasteiger partial charge in [0.1, 0.15) is 5.82 Å².